The van der Waals surface area contributed by atoms with Crippen molar-refractivity contribution in [1.82, 2.24) is 24.9 Å². The molecule has 1 saturated heterocycles. The van der Waals surface area contributed by atoms with Gasteiger partial charge in [0.15, 0.2) is 5.82 Å². The zero-order chi connectivity index (χ0) is 23.0. The molecule has 13 heteroatoms. The average Bonchev–Trinajstić information content (AvgIpc) is 3.41. The minimum Gasteiger partial charge on any atom is -0.420 e. The van der Waals surface area contributed by atoms with Gasteiger partial charge in [0.25, 0.3) is 12.3 Å². The van der Waals surface area contributed by atoms with Crippen molar-refractivity contribution in [3.8, 4) is 11.5 Å². The van der Waals surface area contributed by atoms with Crippen LogP contribution in [0, 0.1) is 0 Å². The Kier molecular flexibility index (Phi) is 5.57. The second kappa shape index (κ2) is 8.20. The summed E-state index contributed by atoms with van der Waals surface area (Å²) in [5.41, 5.74) is -0.0692. The maximum Gasteiger partial charge on any atom is 0.416 e. The standard InChI is InChI=1S/C19H17F5N6O2/c1-29-8-13(15(28-29)25-11-4-2-10(3-5-11)19(22,23)24)17-27-26-16(32-17)12-6-7-30(18(12)31)9-14(20)21/h2-5,8,12,14H,6-7,9H2,1H3,(H,25,28). The van der Waals surface area contributed by atoms with Crippen LogP contribution < -0.4 is 5.32 Å². The number of aromatic nitrogens is 4. The van der Waals surface area contributed by atoms with Crippen molar-refractivity contribution in [1.29, 1.82) is 0 Å². The molecule has 1 amide bonds. The highest BCUT2D eigenvalue weighted by atomic mass is 19.4. The Balaban J connectivity index is 1.54. The van der Waals surface area contributed by atoms with Gasteiger partial charge in [-0.3, -0.25) is 9.48 Å². The number of aryl methyl sites for hydroxylation is 1. The second-order valence-electron chi connectivity index (χ2n) is 7.23. The molecule has 0 spiro atoms. The minimum absolute atomic E-state index is 0.00565. The van der Waals surface area contributed by atoms with E-state index in [0.717, 1.165) is 17.0 Å². The summed E-state index contributed by atoms with van der Waals surface area (Å²) in [6.45, 7) is -0.487. The average molecular weight is 456 g/mol. The summed E-state index contributed by atoms with van der Waals surface area (Å²) in [6.07, 6.45) is -5.25. The lowest BCUT2D eigenvalue weighted by Crippen LogP contribution is -2.31. The summed E-state index contributed by atoms with van der Waals surface area (Å²) < 4.78 is 70.5. The van der Waals surface area contributed by atoms with E-state index in [9.17, 15) is 26.7 Å². The Morgan fingerprint density at radius 3 is 2.59 bits per heavy atom. The number of amides is 1. The van der Waals surface area contributed by atoms with Crippen LogP contribution >= 0.6 is 0 Å². The first-order valence-electron chi connectivity index (χ1n) is 9.50. The molecule has 0 saturated carbocycles. The molecule has 0 radical (unpaired) electrons. The van der Waals surface area contributed by atoms with E-state index in [1.54, 1.807) is 13.2 Å². The number of nitrogens with zero attached hydrogens (tertiary/aromatic N) is 5. The number of alkyl halides is 5. The molecule has 1 N–H and O–H groups in total. The number of nitrogens with one attached hydrogen (secondary N) is 1. The number of carbonyl (C=O) groups is 1. The summed E-state index contributed by atoms with van der Waals surface area (Å²) in [5, 5.41) is 14.9. The first-order valence-corrected chi connectivity index (χ1v) is 9.50. The quantitative estimate of drug-likeness (QED) is 0.568. The Labute approximate surface area is 178 Å². The zero-order valence-electron chi connectivity index (χ0n) is 16.6. The third-order valence-electron chi connectivity index (χ3n) is 4.93. The molecule has 32 heavy (non-hydrogen) atoms. The molecule has 4 rings (SSSR count). The monoisotopic (exact) mass is 456 g/mol. The predicted octanol–water partition coefficient (Wildman–Crippen LogP) is 3.81. The highest BCUT2D eigenvalue weighted by Crippen LogP contribution is 2.34. The third-order valence-corrected chi connectivity index (χ3v) is 4.93. The van der Waals surface area contributed by atoms with Crippen LogP contribution in [0.3, 0.4) is 0 Å². The SMILES string of the molecule is Cn1cc(-c2nnc(C3CCN(CC(F)F)C3=O)o2)c(Nc2ccc(C(F)(F)F)cc2)n1. The van der Waals surface area contributed by atoms with E-state index in [-0.39, 0.29) is 30.6 Å². The maximum atomic E-state index is 12.8. The number of anilines is 2. The molecule has 8 nitrogen and oxygen atoms in total. The molecule has 0 aliphatic carbocycles. The van der Waals surface area contributed by atoms with Crippen molar-refractivity contribution in [2.24, 2.45) is 7.05 Å². The molecule has 170 valence electrons. The minimum atomic E-state index is -4.45. The van der Waals surface area contributed by atoms with Gasteiger partial charge in [0.1, 0.15) is 11.5 Å². The van der Waals surface area contributed by atoms with Crippen LogP contribution in [-0.4, -0.2) is 50.3 Å². The number of benzene rings is 1. The van der Waals surface area contributed by atoms with Crippen LogP contribution in [0.2, 0.25) is 0 Å². The summed E-state index contributed by atoms with van der Waals surface area (Å²) in [4.78, 5) is 13.4. The van der Waals surface area contributed by atoms with Crippen molar-refractivity contribution in [2.45, 2.75) is 24.9 Å². The molecule has 3 heterocycles. The lowest BCUT2D eigenvalue weighted by Gasteiger charge is -2.14. The van der Waals surface area contributed by atoms with E-state index in [1.165, 1.54) is 16.8 Å². The topological polar surface area (TPSA) is 89.1 Å². The van der Waals surface area contributed by atoms with Crippen LogP contribution in [0.4, 0.5) is 33.5 Å². The van der Waals surface area contributed by atoms with Crippen LogP contribution in [0.25, 0.3) is 11.5 Å². The normalized spacial score (nSPS) is 16.9. The fraction of sp³-hybridized carbons (Fsp3) is 0.368. The first kappa shape index (κ1) is 21.7. The van der Waals surface area contributed by atoms with Gasteiger partial charge in [0.05, 0.1) is 12.1 Å². The van der Waals surface area contributed by atoms with Gasteiger partial charge in [-0.05, 0) is 30.7 Å². The molecule has 3 aromatic rings. The lowest BCUT2D eigenvalue weighted by atomic mass is 10.1. The van der Waals surface area contributed by atoms with Gasteiger partial charge < -0.3 is 14.6 Å². The highest BCUT2D eigenvalue weighted by molar-refractivity contribution is 5.85. The molecule has 1 aliphatic rings. The fourth-order valence-electron chi connectivity index (χ4n) is 3.42. The molecule has 1 atom stereocenters. The molecule has 1 unspecified atom stereocenters. The van der Waals surface area contributed by atoms with Crippen molar-refractivity contribution in [3.05, 3.63) is 41.9 Å². The van der Waals surface area contributed by atoms with Gasteiger partial charge in [-0.15, -0.1) is 10.2 Å². The number of hydrogen-bond donors (Lipinski definition) is 1. The van der Waals surface area contributed by atoms with Crippen LogP contribution in [0.15, 0.2) is 34.9 Å². The molecule has 0 bridgehead atoms. The maximum absolute atomic E-state index is 12.8. The third kappa shape index (κ3) is 4.41. The highest BCUT2D eigenvalue weighted by Gasteiger charge is 2.38. The second-order valence-corrected chi connectivity index (χ2v) is 7.23. The predicted molar refractivity (Wildman–Crippen MR) is 101 cm³/mol. The van der Waals surface area contributed by atoms with Crippen LogP contribution in [-0.2, 0) is 18.0 Å². The summed E-state index contributed by atoms with van der Waals surface area (Å²) >= 11 is 0. The van der Waals surface area contributed by atoms with Gasteiger partial charge in [-0.1, -0.05) is 0 Å². The van der Waals surface area contributed by atoms with Crippen LogP contribution in [0.5, 0.6) is 0 Å². The number of hydrogen-bond acceptors (Lipinski definition) is 6. The number of likely N-dealkylation sites (tertiary alicyclic amines) is 1. The Bertz CT molecular complexity index is 1110. The number of carbonyl (C=O) groups excluding carboxylic acids is 1. The summed E-state index contributed by atoms with van der Waals surface area (Å²) in [6, 6.07) is 4.39. The molecule has 1 aromatic carbocycles. The van der Waals surface area contributed by atoms with Gasteiger partial charge in [0, 0.05) is 25.5 Å². The molecule has 1 fully saturated rings. The number of halogens is 5. The van der Waals surface area contributed by atoms with Crippen molar-refractivity contribution in [3.63, 3.8) is 0 Å². The van der Waals surface area contributed by atoms with E-state index in [2.05, 4.69) is 20.6 Å². The van der Waals surface area contributed by atoms with Gasteiger partial charge in [-0.2, -0.15) is 18.3 Å². The summed E-state index contributed by atoms with van der Waals surface area (Å²) in [5.74, 6) is -1.03. The van der Waals surface area contributed by atoms with Crippen molar-refractivity contribution < 1.29 is 31.2 Å². The van der Waals surface area contributed by atoms with E-state index in [4.69, 9.17) is 4.42 Å². The van der Waals surface area contributed by atoms with Gasteiger partial charge in [-0.25, -0.2) is 8.78 Å². The van der Waals surface area contributed by atoms with Gasteiger partial charge in [0.2, 0.25) is 11.8 Å². The lowest BCUT2D eigenvalue weighted by molar-refractivity contribution is -0.137. The Morgan fingerprint density at radius 1 is 1.22 bits per heavy atom. The Morgan fingerprint density at radius 2 is 1.94 bits per heavy atom. The molecule has 2 aromatic heterocycles. The smallest absolute Gasteiger partial charge is 0.416 e. The fourth-order valence-corrected chi connectivity index (χ4v) is 3.42. The largest absolute Gasteiger partial charge is 0.420 e. The van der Waals surface area contributed by atoms with Crippen LogP contribution in [0.1, 0.15) is 23.8 Å². The van der Waals surface area contributed by atoms with E-state index in [1.807, 2.05) is 0 Å². The van der Waals surface area contributed by atoms with Gasteiger partial charge >= 0.3 is 6.18 Å². The van der Waals surface area contributed by atoms with E-state index in [0.29, 0.717) is 11.3 Å². The van der Waals surface area contributed by atoms with E-state index < -0.39 is 36.5 Å². The first-order chi connectivity index (χ1) is 15.1. The molecule has 1 aliphatic heterocycles. The summed E-state index contributed by atoms with van der Waals surface area (Å²) in [7, 11) is 1.63. The molecular weight excluding hydrogens is 439 g/mol. The van der Waals surface area contributed by atoms with Crippen molar-refractivity contribution in [2.75, 3.05) is 18.4 Å². The Hall–Kier alpha value is -3.51. The van der Waals surface area contributed by atoms with E-state index >= 15 is 0 Å². The number of rotatable bonds is 6. The molecular formula is C19H17F5N6O2. The van der Waals surface area contributed by atoms with Crippen molar-refractivity contribution >= 4 is 17.4 Å². The zero-order valence-corrected chi connectivity index (χ0v) is 16.6.